The lowest BCUT2D eigenvalue weighted by atomic mass is 10.2. The lowest BCUT2D eigenvalue weighted by Gasteiger charge is -2.06. The summed E-state index contributed by atoms with van der Waals surface area (Å²) in [5.74, 6) is -0.589. The molecule has 0 aliphatic heterocycles. The van der Waals surface area contributed by atoms with Gasteiger partial charge >= 0.3 is 6.18 Å². The van der Waals surface area contributed by atoms with E-state index in [9.17, 15) is 18.3 Å². The van der Waals surface area contributed by atoms with Gasteiger partial charge in [-0.05, 0) is 17.7 Å². The first-order chi connectivity index (χ1) is 13.3. The van der Waals surface area contributed by atoms with Crippen LogP contribution in [0.15, 0.2) is 42.9 Å². The molecule has 11 heteroatoms. The molecule has 0 bridgehead atoms. The zero-order valence-electron chi connectivity index (χ0n) is 14.4. The Balaban J connectivity index is 1.78. The molecule has 0 fully saturated rings. The molecule has 8 nitrogen and oxygen atoms in total. The van der Waals surface area contributed by atoms with Crippen LogP contribution in [0.2, 0.25) is 0 Å². The van der Waals surface area contributed by atoms with Crippen LogP contribution in [0.4, 0.5) is 13.2 Å². The van der Waals surface area contributed by atoms with Crippen molar-refractivity contribution >= 4 is 5.78 Å². The van der Waals surface area contributed by atoms with Crippen molar-refractivity contribution < 1.29 is 23.0 Å². The van der Waals surface area contributed by atoms with Gasteiger partial charge in [0.25, 0.3) is 5.82 Å². The molecule has 4 rings (SSSR count). The fraction of sp³-hybridized carbons (Fsp3) is 0.176. The number of fused-ring (bicyclic) bond motifs is 1. The molecule has 3 heterocycles. The molecule has 4 aromatic rings. The molecular formula is C17H13F3N6O2. The van der Waals surface area contributed by atoms with Crippen LogP contribution in [0.25, 0.3) is 17.3 Å². The summed E-state index contributed by atoms with van der Waals surface area (Å²) in [5.41, 5.74) is 0.856. The molecule has 1 N–H and O–H groups in total. The summed E-state index contributed by atoms with van der Waals surface area (Å²) in [5, 5.41) is 13.1. The molecule has 0 amide bonds. The van der Waals surface area contributed by atoms with E-state index in [1.807, 2.05) is 0 Å². The van der Waals surface area contributed by atoms with Gasteiger partial charge in [-0.3, -0.25) is 4.40 Å². The van der Waals surface area contributed by atoms with Gasteiger partial charge in [0.2, 0.25) is 5.78 Å². The molecule has 0 spiro atoms. The average Bonchev–Trinajstić information content (AvgIpc) is 3.25. The van der Waals surface area contributed by atoms with Crippen molar-refractivity contribution in [1.82, 2.24) is 29.1 Å². The number of benzene rings is 1. The standard InChI is InChI=1S/C17H13F3N6O2/c1-28-12-4-2-10(3-5-12)7-26-14(23-15(24-26)17(18,19)20)13-9-25-8-11(27)6-21-16(25)22-13/h2-6,8-9,27H,7H2,1H3. The summed E-state index contributed by atoms with van der Waals surface area (Å²) < 4.78 is 47.1. The second-order valence-corrected chi connectivity index (χ2v) is 5.91. The molecular weight excluding hydrogens is 377 g/mol. The Hall–Kier alpha value is -3.63. The number of methoxy groups -OCH3 is 1. The fourth-order valence-corrected chi connectivity index (χ4v) is 2.65. The van der Waals surface area contributed by atoms with Crippen LogP contribution in [0.5, 0.6) is 11.5 Å². The maximum atomic E-state index is 13.2. The number of halogens is 3. The highest BCUT2D eigenvalue weighted by Gasteiger charge is 2.37. The van der Waals surface area contributed by atoms with E-state index in [1.54, 1.807) is 24.3 Å². The molecule has 0 unspecified atom stereocenters. The number of ether oxygens (including phenoxy) is 1. The number of aromatic nitrogens is 6. The van der Waals surface area contributed by atoms with Crippen molar-refractivity contribution in [1.29, 1.82) is 0 Å². The Morgan fingerprint density at radius 1 is 1.11 bits per heavy atom. The van der Waals surface area contributed by atoms with E-state index in [0.29, 0.717) is 11.3 Å². The number of hydrogen-bond donors (Lipinski definition) is 1. The summed E-state index contributed by atoms with van der Waals surface area (Å²) in [7, 11) is 1.52. The Kier molecular flexibility index (Phi) is 4.13. The highest BCUT2D eigenvalue weighted by atomic mass is 19.4. The van der Waals surface area contributed by atoms with Gasteiger partial charge in [-0.15, -0.1) is 5.10 Å². The number of imidazole rings is 1. The van der Waals surface area contributed by atoms with Crippen LogP contribution < -0.4 is 4.74 Å². The quantitative estimate of drug-likeness (QED) is 0.576. The van der Waals surface area contributed by atoms with Crippen molar-refractivity contribution in [2.24, 2.45) is 0 Å². The number of hydrogen-bond acceptors (Lipinski definition) is 6. The highest BCUT2D eigenvalue weighted by Crippen LogP contribution is 2.29. The first-order valence-electron chi connectivity index (χ1n) is 8.02. The smallest absolute Gasteiger partial charge is 0.453 e. The van der Waals surface area contributed by atoms with Gasteiger partial charge in [-0.25, -0.2) is 19.6 Å². The fourth-order valence-electron chi connectivity index (χ4n) is 2.65. The van der Waals surface area contributed by atoms with Gasteiger partial charge in [0.05, 0.1) is 26.0 Å². The molecule has 0 saturated heterocycles. The SMILES string of the molecule is COc1ccc(Cn2nc(C(F)(F)F)nc2-c2cn3cc(O)cnc3n2)cc1. The van der Waals surface area contributed by atoms with Crippen molar-refractivity contribution in [2.75, 3.05) is 7.11 Å². The van der Waals surface area contributed by atoms with Gasteiger partial charge in [-0.1, -0.05) is 12.1 Å². The number of nitrogens with zero attached hydrogens (tertiary/aromatic N) is 6. The highest BCUT2D eigenvalue weighted by molar-refractivity contribution is 5.54. The minimum Gasteiger partial charge on any atom is -0.505 e. The normalized spacial score (nSPS) is 11.9. The van der Waals surface area contributed by atoms with E-state index in [2.05, 4.69) is 20.1 Å². The van der Waals surface area contributed by atoms with E-state index >= 15 is 0 Å². The zero-order chi connectivity index (χ0) is 19.9. The van der Waals surface area contributed by atoms with Crippen LogP contribution in [0.3, 0.4) is 0 Å². The monoisotopic (exact) mass is 390 g/mol. The summed E-state index contributed by atoms with van der Waals surface area (Å²) in [6.45, 7) is 0.0506. The van der Waals surface area contributed by atoms with Gasteiger partial charge in [0.15, 0.2) is 11.6 Å². The van der Waals surface area contributed by atoms with E-state index in [0.717, 1.165) is 4.68 Å². The van der Waals surface area contributed by atoms with Gasteiger partial charge < -0.3 is 9.84 Å². The van der Waals surface area contributed by atoms with Crippen LogP contribution in [0.1, 0.15) is 11.4 Å². The summed E-state index contributed by atoms with van der Waals surface area (Å²) in [4.78, 5) is 11.7. The average molecular weight is 390 g/mol. The molecule has 0 aliphatic rings. The van der Waals surface area contributed by atoms with E-state index in [4.69, 9.17) is 4.74 Å². The second-order valence-electron chi connectivity index (χ2n) is 5.91. The Morgan fingerprint density at radius 2 is 1.86 bits per heavy atom. The first-order valence-corrected chi connectivity index (χ1v) is 8.02. The summed E-state index contributed by atoms with van der Waals surface area (Å²) in [6.07, 6.45) is -0.741. The third-order valence-corrected chi connectivity index (χ3v) is 3.94. The number of rotatable bonds is 4. The van der Waals surface area contributed by atoms with Crippen LogP contribution in [0, 0.1) is 0 Å². The van der Waals surface area contributed by atoms with E-state index in [-0.39, 0.29) is 29.6 Å². The van der Waals surface area contributed by atoms with Crippen molar-refractivity contribution in [3.8, 4) is 23.0 Å². The Labute approximate surface area is 155 Å². The summed E-state index contributed by atoms with van der Waals surface area (Å²) in [6, 6.07) is 6.85. The van der Waals surface area contributed by atoms with Crippen LogP contribution >= 0.6 is 0 Å². The lowest BCUT2D eigenvalue weighted by molar-refractivity contribution is -0.144. The first kappa shape index (κ1) is 17.8. The number of aromatic hydroxyl groups is 1. The molecule has 0 aliphatic carbocycles. The molecule has 0 saturated carbocycles. The predicted octanol–water partition coefficient (Wildman–Crippen LogP) is 2.77. The molecule has 144 valence electrons. The van der Waals surface area contributed by atoms with Crippen molar-refractivity contribution in [3.63, 3.8) is 0 Å². The minimum atomic E-state index is -4.70. The molecule has 1 aromatic carbocycles. The molecule has 28 heavy (non-hydrogen) atoms. The predicted molar refractivity (Wildman–Crippen MR) is 90.8 cm³/mol. The third kappa shape index (κ3) is 3.33. The third-order valence-electron chi connectivity index (χ3n) is 3.94. The van der Waals surface area contributed by atoms with Crippen molar-refractivity contribution in [3.05, 3.63) is 54.2 Å². The minimum absolute atomic E-state index is 0.0506. The molecule has 0 radical (unpaired) electrons. The zero-order valence-corrected chi connectivity index (χ0v) is 14.4. The van der Waals surface area contributed by atoms with Gasteiger partial charge in [0, 0.05) is 6.20 Å². The second kappa shape index (κ2) is 6.51. The maximum absolute atomic E-state index is 13.2. The van der Waals surface area contributed by atoms with E-state index in [1.165, 1.54) is 30.1 Å². The van der Waals surface area contributed by atoms with Crippen LogP contribution in [-0.4, -0.2) is 41.3 Å². The van der Waals surface area contributed by atoms with E-state index < -0.39 is 12.0 Å². The lowest BCUT2D eigenvalue weighted by Crippen LogP contribution is -2.09. The largest absolute Gasteiger partial charge is 0.505 e. The van der Waals surface area contributed by atoms with Crippen molar-refractivity contribution in [2.45, 2.75) is 12.7 Å². The molecule has 3 aromatic heterocycles. The number of alkyl halides is 3. The topological polar surface area (TPSA) is 90.4 Å². The van der Waals surface area contributed by atoms with Gasteiger partial charge in [0.1, 0.15) is 11.4 Å². The Bertz CT molecular complexity index is 1130. The van der Waals surface area contributed by atoms with Crippen LogP contribution in [-0.2, 0) is 12.7 Å². The maximum Gasteiger partial charge on any atom is 0.453 e. The van der Waals surface area contributed by atoms with Gasteiger partial charge in [-0.2, -0.15) is 13.2 Å². The summed E-state index contributed by atoms with van der Waals surface area (Å²) >= 11 is 0. The molecule has 0 atom stereocenters. The Morgan fingerprint density at radius 3 is 2.54 bits per heavy atom.